The molecule has 0 saturated heterocycles. The van der Waals surface area contributed by atoms with E-state index in [0.29, 0.717) is 17.9 Å². The summed E-state index contributed by atoms with van der Waals surface area (Å²) in [5.41, 5.74) is 2.24. The van der Waals surface area contributed by atoms with E-state index in [9.17, 15) is 5.11 Å². The zero-order chi connectivity index (χ0) is 13.8. The highest BCUT2D eigenvalue weighted by Crippen LogP contribution is 2.21. The Morgan fingerprint density at radius 3 is 2.95 bits per heavy atom. The van der Waals surface area contributed by atoms with E-state index in [1.54, 1.807) is 32.6 Å². The van der Waals surface area contributed by atoms with Crippen molar-refractivity contribution in [2.75, 3.05) is 7.11 Å². The Hall–Kier alpha value is -2.32. The molecule has 5 nitrogen and oxygen atoms in total. The molecule has 1 aromatic heterocycles. The Balaban J connectivity index is 2.29. The fourth-order valence-corrected chi connectivity index (χ4v) is 1.93. The van der Waals surface area contributed by atoms with Gasteiger partial charge in [-0.2, -0.15) is 5.26 Å². The number of nitrogens with zero attached hydrogens (tertiary/aromatic N) is 3. The van der Waals surface area contributed by atoms with Crippen LogP contribution in [0.5, 0.6) is 5.75 Å². The van der Waals surface area contributed by atoms with Gasteiger partial charge in [0, 0.05) is 6.54 Å². The van der Waals surface area contributed by atoms with Crippen LogP contribution in [0.15, 0.2) is 30.7 Å². The second-order valence-corrected chi connectivity index (χ2v) is 4.27. The molecule has 5 heteroatoms. The topological polar surface area (TPSA) is 71.1 Å². The van der Waals surface area contributed by atoms with E-state index in [1.807, 2.05) is 16.7 Å². The van der Waals surface area contributed by atoms with Crippen molar-refractivity contribution in [3.8, 4) is 11.8 Å². The maximum Gasteiger partial charge on any atom is 0.136 e. The number of aliphatic hydroxyl groups excluding tert-OH is 1. The number of nitriles is 1. The second-order valence-electron chi connectivity index (χ2n) is 4.27. The number of benzene rings is 1. The molecule has 2 aromatic rings. The van der Waals surface area contributed by atoms with E-state index in [1.165, 1.54) is 0 Å². The highest BCUT2D eigenvalue weighted by atomic mass is 16.5. The quantitative estimate of drug-likeness (QED) is 0.907. The minimum atomic E-state index is -0.567. The van der Waals surface area contributed by atoms with Crippen LogP contribution in [0.1, 0.15) is 29.8 Å². The van der Waals surface area contributed by atoms with Gasteiger partial charge >= 0.3 is 0 Å². The van der Waals surface area contributed by atoms with Gasteiger partial charge in [0.2, 0.25) is 0 Å². The van der Waals surface area contributed by atoms with Crippen molar-refractivity contribution in [2.45, 2.75) is 19.6 Å². The molecule has 0 spiro atoms. The molecule has 0 amide bonds. The van der Waals surface area contributed by atoms with Crippen molar-refractivity contribution in [3.05, 3.63) is 47.5 Å². The number of ether oxygens (including phenoxy) is 1. The van der Waals surface area contributed by atoms with Gasteiger partial charge in [-0.1, -0.05) is 6.07 Å². The van der Waals surface area contributed by atoms with Gasteiger partial charge in [0.25, 0.3) is 0 Å². The highest BCUT2D eigenvalue weighted by Gasteiger charge is 2.09. The minimum absolute atomic E-state index is 0.507. The first-order valence-electron chi connectivity index (χ1n) is 5.90. The molecule has 0 aliphatic rings. The molecule has 1 aromatic carbocycles. The summed E-state index contributed by atoms with van der Waals surface area (Å²) in [6, 6.07) is 7.50. The van der Waals surface area contributed by atoms with Crippen molar-refractivity contribution < 1.29 is 9.84 Å². The van der Waals surface area contributed by atoms with Crippen LogP contribution in [0.25, 0.3) is 0 Å². The molecule has 1 unspecified atom stereocenters. The number of hydrogen-bond acceptors (Lipinski definition) is 4. The summed E-state index contributed by atoms with van der Waals surface area (Å²) < 4.78 is 7.04. The number of imidazole rings is 1. The molecular weight excluding hydrogens is 242 g/mol. The molecule has 1 heterocycles. The molecule has 0 saturated carbocycles. The number of hydrogen-bond donors (Lipinski definition) is 1. The number of methoxy groups -OCH3 is 1. The third kappa shape index (κ3) is 2.75. The molecule has 2 rings (SSSR count). The first-order valence-corrected chi connectivity index (χ1v) is 5.90. The fraction of sp³-hybridized carbons (Fsp3) is 0.286. The van der Waals surface area contributed by atoms with Gasteiger partial charge in [0.15, 0.2) is 0 Å². The molecule has 0 radical (unpaired) electrons. The van der Waals surface area contributed by atoms with Gasteiger partial charge in [-0.25, -0.2) is 4.98 Å². The average Bonchev–Trinajstić information content (AvgIpc) is 2.87. The Kier molecular flexibility index (Phi) is 3.83. The van der Waals surface area contributed by atoms with Crippen molar-refractivity contribution in [3.63, 3.8) is 0 Å². The van der Waals surface area contributed by atoms with Crippen LogP contribution in [-0.2, 0) is 6.54 Å². The lowest BCUT2D eigenvalue weighted by molar-refractivity contribution is 0.189. The number of aliphatic hydroxyl groups is 1. The van der Waals surface area contributed by atoms with E-state index in [4.69, 9.17) is 10.00 Å². The second kappa shape index (κ2) is 5.55. The van der Waals surface area contributed by atoms with Gasteiger partial charge in [-0.15, -0.1) is 0 Å². The van der Waals surface area contributed by atoms with E-state index >= 15 is 0 Å². The summed E-state index contributed by atoms with van der Waals surface area (Å²) in [6.45, 7) is 2.27. The number of aromatic nitrogens is 2. The largest absolute Gasteiger partial charge is 0.495 e. The van der Waals surface area contributed by atoms with E-state index in [-0.39, 0.29) is 0 Å². The van der Waals surface area contributed by atoms with Crippen molar-refractivity contribution in [1.29, 1.82) is 5.26 Å². The van der Waals surface area contributed by atoms with Crippen molar-refractivity contribution in [2.24, 2.45) is 0 Å². The Morgan fingerprint density at radius 1 is 1.53 bits per heavy atom. The number of rotatable bonds is 4. The standard InChI is InChI=1S/C14H15N3O2/c1-10(18)13-7-16-9-17(13)8-11-3-4-12(6-15)14(5-11)19-2/h3-5,7,9-10,18H,8H2,1-2H3. The summed E-state index contributed by atoms with van der Waals surface area (Å²) in [7, 11) is 1.54. The van der Waals surface area contributed by atoms with Gasteiger partial charge in [-0.3, -0.25) is 0 Å². The van der Waals surface area contributed by atoms with Crippen molar-refractivity contribution in [1.82, 2.24) is 9.55 Å². The van der Waals surface area contributed by atoms with E-state index < -0.39 is 6.10 Å². The fourth-order valence-electron chi connectivity index (χ4n) is 1.93. The predicted molar refractivity (Wildman–Crippen MR) is 69.7 cm³/mol. The van der Waals surface area contributed by atoms with Gasteiger partial charge in [0.05, 0.1) is 37.0 Å². The van der Waals surface area contributed by atoms with Gasteiger partial charge in [-0.05, 0) is 24.6 Å². The predicted octanol–water partition coefficient (Wildman–Crippen LogP) is 1.86. The third-order valence-corrected chi connectivity index (χ3v) is 2.91. The molecule has 98 valence electrons. The molecule has 0 fully saturated rings. The molecule has 0 aliphatic carbocycles. The van der Waals surface area contributed by atoms with Crippen LogP contribution in [0.4, 0.5) is 0 Å². The smallest absolute Gasteiger partial charge is 0.136 e. The van der Waals surface area contributed by atoms with Crippen LogP contribution in [0.3, 0.4) is 0 Å². The van der Waals surface area contributed by atoms with Crippen molar-refractivity contribution >= 4 is 0 Å². The molecule has 19 heavy (non-hydrogen) atoms. The Labute approximate surface area is 111 Å². The highest BCUT2D eigenvalue weighted by molar-refractivity contribution is 5.45. The van der Waals surface area contributed by atoms with Crippen LogP contribution in [0.2, 0.25) is 0 Å². The first kappa shape index (κ1) is 13.1. The summed E-state index contributed by atoms with van der Waals surface area (Å²) in [5, 5.41) is 18.6. The average molecular weight is 257 g/mol. The lowest BCUT2D eigenvalue weighted by Crippen LogP contribution is -2.06. The van der Waals surface area contributed by atoms with Crippen LogP contribution in [0, 0.1) is 11.3 Å². The zero-order valence-electron chi connectivity index (χ0n) is 10.9. The van der Waals surface area contributed by atoms with Gasteiger partial charge in [0.1, 0.15) is 11.8 Å². The Bertz CT molecular complexity index is 611. The normalized spacial score (nSPS) is 11.9. The SMILES string of the molecule is COc1cc(Cn2cncc2C(C)O)ccc1C#N. The lowest BCUT2D eigenvalue weighted by Gasteiger charge is -2.11. The molecule has 1 N–H and O–H groups in total. The molecule has 0 aliphatic heterocycles. The molecular formula is C14H15N3O2. The molecule has 0 bridgehead atoms. The van der Waals surface area contributed by atoms with E-state index in [0.717, 1.165) is 11.3 Å². The van der Waals surface area contributed by atoms with Crippen LogP contribution >= 0.6 is 0 Å². The van der Waals surface area contributed by atoms with Gasteiger partial charge < -0.3 is 14.4 Å². The summed E-state index contributed by atoms with van der Waals surface area (Å²) in [5.74, 6) is 0.554. The molecule has 1 atom stereocenters. The van der Waals surface area contributed by atoms with E-state index in [2.05, 4.69) is 11.1 Å². The van der Waals surface area contributed by atoms with Crippen LogP contribution < -0.4 is 4.74 Å². The minimum Gasteiger partial charge on any atom is -0.495 e. The zero-order valence-corrected chi connectivity index (χ0v) is 10.9. The lowest BCUT2D eigenvalue weighted by atomic mass is 10.1. The summed E-state index contributed by atoms with van der Waals surface area (Å²) in [6.07, 6.45) is 2.75. The first-order chi connectivity index (χ1) is 9.15. The third-order valence-electron chi connectivity index (χ3n) is 2.91. The summed E-state index contributed by atoms with van der Waals surface area (Å²) >= 11 is 0. The summed E-state index contributed by atoms with van der Waals surface area (Å²) in [4.78, 5) is 4.04. The maximum atomic E-state index is 9.63. The maximum absolute atomic E-state index is 9.63. The van der Waals surface area contributed by atoms with Crippen LogP contribution in [-0.4, -0.2) is 21.8 Å². The Morgan fingerprint density at radius 2 is 2.32 bits per heavy atom. The monoisotopic (exact) mass is 257 g/mol.